The van der Waals surface area contributed by atoms with Crippen LogP contribution >= 0.6 is 0 Å². The van der Waals surface area contributed by atoms with Crippen LogP contribution in [0.15, 0.2) is 24.3 Å². The van der Waals surface area contributed by atoms with Gasteiger partial charge < -0.3 is 20.9 Å². The number of esters is 1. The summed E-state index contributed by atoms with van der Waals surface area (Å²) in [5, 5.41) is 0. The van der Waals surface area contributed by atoms with Gasteiger partial charge in [0.2, 0.25) is 11.9 Å². The van der Waals surface area contributed by atoms with E-state index in [-0.39, 0.29) is 35.6 Å². The first kappa shape index (κ1) is 15.4. The molecule has 4 N–H and O–H groups in total. The Morgan fingerprint density at radius 2 is 1.77 bits per heavy atom. The maximum absolute atomic E-state index is 12.3. The van der Waals surface area contributed by atoms with E-state index in [1.54, 1.807) is 0 Å². The highest BCUT2D eigenvalue weighted by Crippen LogP contribution is 2.21. The van der Waals surface area contributed by atoms with Crippen LogP contribution in [-0.4, -0.2) is 27.5 Å². The molecule has 0 saturated heterocycles. The first-order chi connectivity index (χ1) is 10.5. The van der Waals surface area contributed by atoms with E-state index >= 15 is 0 Å². The highest BCUT2D eigenvalue weighted by Gasteiger charge is 2.17. The normalized spacial score (nSPS) is 10.5. The first-order valence-corrected chi connectivity index (χ1v) is 5.92. The molecular weight excluding hydrogens is 300 g/mol. The van der Waals surface area contributed by atoms with Crippen LogP contribution in [0.3, 0.4) is 0 Å². The third kappa shape index (κ3) is 3.98. The average molecular weight is 311 g/mol. The van der Waals surface area contributed by atoms with Gasteiger partial charge in [0.15, 0.2) is 12.4 Å². The Labute approximate surface area is 123 Å². The molecule has 0 aliphatic heterocycles. The van der Waals surface area contributed by atoms with Crippen LogP contribution in [0.2, 0.25) is 0 Å². The molecule has 116 valence electrons. The molecular formula is C12H11F2N5O3. The van der Waals surface area contributed by atoms with Crippen molar-refractivity contribution < 1.29 is 23.0 Å². The number of ether oxygens (including phenoxy) is 2. The minimum Gasteiger partial charge on any atom is -0.454 e. The zero-order valence-electron chi connectivity index (χ0n) is 11.1. The van der Waals surface area contributed by atoms with Crippen molar-refractivity contribution in [3.63, 3.8) is 0 Å². The standard InChI is InChI=1S/C12H11F2N5O3/c13-10(14)22-7-4-2-1-3-6(7)9(20)21-5-8-17-11(15)19-12(16)18-8/h1-4,10H,5H2,(H4,15,16,17,18,19). The minimum absolute atomic E-state index is 0.0330. The monoisotopic (exact) mass is 311 g/mol. The number of halogens is 2. The lowest BCUT2D eigenvalue weighted by Crippen LogP contribution is -2.13. The van der Waals surface area contributed by atoms with E-state index in [0.717, 1.165) is 0 Å². The van der Waals surface area contributed by atoms with Crippen LogP contribution in [0.25, 0.3) is 0 Å². The number of anilines is 2. The third-order valence-electron chi connectivity index (χ3n) is 2.37. The van der Waals surface area contributed by atoms with Gasteiger partial charge in [0.25, 0.3) is 0 Å². The quantitative estimate of drug-likeness (QED) is 0.783. The molecule has 8 nitrogen and oxygen atoms in total. The third-order valence-corrected chi connectivity index (χ3v) is 2.37. The number of nitrogens with zero attached hydrogens (tertiary/aromatic N) is 3. The lowest BCUT2D eigenvalue weighted by Gasteiger charge is -2.10. The van der Waals surface area contributed by atoms with Crippen molar-refractivity contribution in [2.24, 2.45) is 0 Å². The van der Waals surface area contributed by atoms with E-state index < -0.39 is 12.6 Å². The van der Waals surface area contributed by atoms with Crippen molar-refractivity contribution >= 4 is 17.9 Å². The number of para-hydroxylation sites is 1. The number of hydrogen-bond donors (Lipinski definition) is 2. The van der Waals surface area contributed by atoms with E-state index in [0.29, 0.717) is 0 Å². The van der Waals surface area contributed by atoms with Crippen molar-refractivity contribution in [1.29, 1.82) is 0 Å². The van der Waals surface area contributed by atoms with Crippen molar-refractivity contribution in [1.82, 2.24) is 15.0 Å². The van der Waals surface area contributed by atoms with Crippen LogP contribution in [-0.2, 0) is 11.3 Å². The van der Waals surface area contributed by atoms with Gasteiger partial charge in [-0.2, -0.15) is 23.7 Å². The molecule has 1 aromatic carbocycles. The largest absolute Gasteiger partial charge is 0.454 e. The smallest absolute Gasteiger partial charge is 0.387 e. The number of carbonyl (C=O) groups is 1. The molecule has 2 aromatic rings. The lowest BCUT2D eigenvalue weighted by molar-refractivity contribution is -0.0505. The molecule has 1 aromatic heterocycles. The van der Waals surface area contributed by atoms with Gasteiger partial charge in [-0.05, 0) is 12.1 Å². The Kier molecular flexibility index (Phi) is 4.61. The van der Waals surface area contributed by atoms with Crippen LogP contribution < -0.4 is 16.2 Å². The topological polar surface area (TPSA) is 126 Å². The Hall–Kier alpha value is -3.04. The fraction of sp³-hybridized carbons (Fsp3) is 0.167. The maximum atomic E-state index is 12.3. The van der Waals surface area contributed by atoms with E-state index in [9.17, 15) is 13.6 Å². The van der Waals surface area contributed by atoms with E-state index in [4.69, 9.17) is 16.2 Å². The number of rotatable bonds is 5. The zero-order valence-corrected chi connectivity index (χ0v) is 11.1. The summed E-state index contributed by atoms with van der Waals surface area (Å²) in [4.78, 5) is 22.9. The number of hydrogen-bond acceptors (Lipinski definition) is 8. The van der Waals surface area contributed by atoms with Gasteiger partial charge in [0.1, 0.15) is 11.3 Å². The second-order valence-electron chi connectivity index (χ2n) is 3.92. The van der Waals surface area contributed by atoms with E-state index in [1.807, 2.05) is 0 Å². The minimum atomic E-state index is -3.06. The molecule has 0 atom stereocenters. The summed E-state index contributed by atoms with van der Waals surface area (Å²) in [6.45, 7) is -3.41. The van der Waals surface area contributed by atoms with Gasteiger partial charge in [-0.15, -0.1) is 0 Å². The molecule has 1 heterocycles. The second-order valence-corrected chi connectivity index (χ2v) is 3.92. The Bertz CT molecular complexity index is 663. The molecule has 0 aliphatic rings. The summed E-state index contributed by atoms with van der Waals surface area (Å²) in [5.41, 5.74) is 10.6. The molecule has 0 unspecified atom stereocenters. The van der Waals surface area contributed by atoms with Crippen molar-refractivity contribution in [2.75, 3.05) is 11.5 Å². The maximum Gasteiger partial charge on any atom is 0.387 e. The predicted octanol–water partition coefficient (Wildman–Crippen LogP) is 0.994. The molecule has 0 saturated carbocycles. The Morgan fingerprint density at radius 1 is 1.14 bits per heavy atom. The molecule has 2 rings (SSSR count). The molecule has 0 spiro atoms. The number of benzene rings is 1. The summed E-state index contributed by atoms with van der Waals surface area (Å²) >= 11 is 0. The lowest BCUT2D eigenvalue weighted by atomic mass is 10.2. The highest BCUT2D eigenvalue weighted by atomic mass is 19.3. The van der Waals surface area contributed by atoms with E-state index in [1.165, 1.54) is 24.3 Å². The molecule has 0 aliphatic carbocycles. The molecule has 22 heavy (non-hydrogen) atoms. The molecule has 0 amide bonds. The highest BCUT2D eigenvalue weighted by molar-refractivity contribution is 5.92. The number of carbonyl (C=O) groups excluding carboxylic acids is 1. The fourth-order valence-electron chi connectivity index (χ4n) is 1.56. The van der Waals surface area contributed by atoms with E-state index in [2.05, 4.69) is 19.7 Å². The Balaban J connectivity index is 2.09. The van der Waals surface area contributed by atoms with Crippen LogP contribution in [0.5, 0.6) is 5.75 Å². The average Bonchev–Trinajstić information content (AvgIpc) is 2.44. The number of aromatic nitrogens is 3. The van der Waals surface area contributed by atoms with Crippen molar-refractivity contribution in [3.05, 3.63) is 35.7 Å². The molecule has 0 fully saturated rings. The summed E-state index contributed by atoms with van der Waals surface area (Å²) in [7, 11) is 0. The Morgan fingerprint density at radius 3 is 2.41 bits per heavy atom. The van der Waals surface area contributed by atoms with Gasteiger partial charge in [-0.1, -0.05) is 12.1 Å². The van der Waals surface area contributed by atoms with Crippen LogP contribution in [0.1, 0.15) is 16.2 Å². The number of alkyl halides is 2. The molecule has 0 radical (unpaired) electrons. The summed E-state index contributed by atoms with van der Waals surface area (Å²) in [6, 6.07) is 5.44. The van der Waals surface area contributed by atoms with Gasteiger partial charge in [-0.25, -0.2) is 4.79 Å². The SMILES string of the molecule is Nc1nc(N)nc(COC(=O)c2ccccc2OC(F)F)n1. The van der Waals surface area contributed by atoms with Gasteiger partial charge in [0.05, 0.1) is 0 Å². The number of nitrogens with two attached hydrogens (primary N) is 2. The van der Waals surface area contributed by atoms with Crippen LogP contribution in [0.4, 0.5) is 20.7 Å². The zero-order chi connectivity index (χ0) is 16.1. The van der Waals surface area contributed by atoms with Gasteiger partial charge >= 0.3 is 12.6 Å². The number of nitrogen functional groups attached to an aromatic ring is 2. The second kappa shape index (κ2) is 6.61. The van der Waals surface area contributed by atoms with Crippen molar-refractivity contribution in [2.45, 2.75) is 13.2 Å². The van der Waals surface area contributed by atoms with Gasteiger partial charge in [-0.3, -0.25) is 0 Å². The van der Waals surface area contributed by atoms with Gasteiger partial charge in [0, 0.05) is 0 Å². The predicted molar refractivity (Wildman–Crippen MR) is 70.8 cm³/mol. The summed E-state index contributed by atoms with van der Waals surface area (Å²) in [6.07, 6.45) is 0. The first-order valence-electron chi connectivity index (χ1n) is 5.92. The fourth-order valence-corrected chi connectivity index (χ4v) is 1.56. The molecule has 0 bridgehead atoms. The molecule has 10 heteroatoms. The summed E-state index contributed by atoms with van der Waals surface area (Å²) in [5.74, 6) is -1.39. The summed E-state index contributed by atoms with van der Waals surface area (Å²) < 4.78 is 33.7. The van der Waals surface area contributed by atoms with Crippen molar-refractivity contribution in [3.8, 4) is 5.75 Å². The van der Waals surface area contributed by atoms with Crippen LogP contribution in [0, 0.1) is 0 Å².